The fourth-order valence-electron chi connectivity index (χ4n) is 2.83. The third-order valence-corrected chi connectivity index (χ3v) is 7.64. The average Bonchev–Trinajstić information content (AvgIpc) is 3.08. The molecular weight excluding hydrogens is 463 g/mol. The highest BCUT2D eigenvalue weighted by Gasteiger charge is 2.55. The van der Waals surface area contributed by atoms with Crippen LogP contribution in [0.1, 0.15) is 12.6 Å². The number of nitrogen functional groups attached to an aromatic ring is 1. The summed E-state index contributed by atoms with van der Waals surface area (Å²) < 4.78 is 58.0. The predicted molar refractivity (Wildman–Crippen MR) is 89.9 cm³/mol. The number of phosphoric acid groups is 3. The van der Waals surface area contributed by atoms with Crippen molar-refractivity contribution in [2.24, 2.45) is 0 Å². The molecule has 164 valence electrons. The molecule has 0 saturated carbocycles. The zero-order chi connectivity index (χ0) is 21.7. The van der Waals surface area contributed by atoms with Gasteiger partial charge in [0.05, 0.1) is 13.2 Å². The third-order valence-electron chi connectivity index (χ3n) is 3.85. The predicted octanol–water partition coefficient (Wildman–Crippen LogP) is -0.775. The SMILES string of the molecule is Nc1ccn([C@@H]2O[C@@]3(COP(=O)(O)OP(=O)(O)OP(=O)(O)O)CO[C@@H]2C3)c(=O)n1. The summed E-state index contributed by atoms with van der Waals surface area (Å²) in [5.74, 6) is -0.00213. The molecule has 2 fully saturated rings. The number of ether oxygens (including phenoxy) is 2. The zero-order valence-corrected chi connectivity index (χ0v) is 16.9. The maximum atomic E-state index is 12.0. The van der Waals surface area contributed by atoms with Crippen molar-refractivity contribution in [2.75, 3.05) is 18.9 Å². The van der Waals surface area contributed by atoms with E-state index in [1.807, 2.05) is 0 Å². The molecule has 19 heteroatoms. The minimum absolute atomic E-state index is 0.00213. The highest BCUT2D eigenvalue weighted by molar-refractivity contribution is 7.66. The average molecular weight is 479 g/mol. The number of hydrogen-bond acceptors (Lipinski definition) is 11. The molecule has 0 radical (unpaired) electrons. The second-order valence-electron chi connectivity index (χ2n) is 6.15. The standard InChI is InChI=1S/C10H16N3O13P3/c11-7-1-2-13(9(14)12-7)8-6-3-10(24-8,4-22-6)5-23-28(18,19)26-29(20,21)25-27(15,16)17/h1-2,6,8H,3-5H2,(H,18,19)(H,20,21)(H2,11,12,14)(H2,15,16,17)/t6-,8-,10-/m1/s1. The first-order chi connectivity index (χ1) is 13.2. The smallest absolute Gasteiger partial charge is 0.383 e. The lowest BCUT2D eigenvalue weighted by Crippen LogP contribution is -2.41. The Morgan fingerprint density at radius 2 is 1.93 bits per heavy atom. The van der Waals surface area contributed by atoms with Crippen LogP contribution in [0.3, 0.4) is 0 Å². The summed E-state index contributed by atoms with van der Waals surface area (Å²) >= 11 is 0. The monoisotopic (exact) mass is 479 g/mol. The van der Waals surface area contributed by atoms with Crippen molar-refractivity contribution in [3.05, 3.63) is 22.7 Å². The number of nitrogens with zero attached hydrogens (tertiary/aromatic N) is 2. The van der Waals surface area contributed by atoms with Crippen LogP contribution in [0.2, 0.25) is 0 Å². The molecule has 2 aliphatic rings. The molecule has 29 heavy (non-hydrogen) atoms. The summed E-state index contributed by atoms with van der Waals surface area (Å²) in [5, 5.41) is 0. The fourth-order valence-corrected chi connectivity index (χ4v) is 5.93. The first-order valence-corrected chi connectivity index (χ1v) is 12.1. The van der Waals surface area contributed by atoms with E-state index >= 15 is 0 Å². The van der Waals surface area contributed by atoms with Gasteiger partial charge in [-0.15, -0.1) is 0 Å². The second kappa shape index (κ2) is 7.61. The largest absolute Gasteiger partial charge is 0.490 e. The Morgan fingerprint density at radius 3 is 2.55 bits per heavy atom. The van der Waals surface area contributed by atoms with Gasteiger partial charge in [0.15, 0.2) is 6.23 Å². The molecular formula is C10H16N3O13P3. The Morgan fingerprint density at radius 1 is 1.24 bits per heavy atom. The zero-order valence-electron chi connectivity index (χ0n) is 14.2. The summed E-state index contributed by atoms with van der Waals surface area (Å²) in [5.41, 5.74) is 3.40. The van der Waals surface area contributed by atoms with Gasteiger partial charge in [0, 0.05) is 12.6 Å². The van der Waals surface area contributed by atoms with Crippen LogP contribution in [0.15, 0.2) is 17.1 Å². The molecule has 1 aromatic heterocycles. The molecule has 5 atom stereocenters. The molecule has 2 bridgehead atoms. The van der Waals surface area contributed by atoms with Gasteiger partial charge < -0.3 is 34.8 Å². The van der Waals surface area contributed by atoms with E-state index in [1.54, 1.807) is 0 Å². The lowest BCUT2D eigenvalue weighted by molar-refractivity contribution is -0.183. The molecule has 3 rings (SSSR count). The van der Waals surface area contributed by atoms with Gasteiger partial charge in [0.25, 0.3) is 0 Å². The minimum atomic E-state index is -5.63. The normalized spacial score (nSPS) is 30.8. The van der Waals surface area contributed by atoms with E-state index in [9.17, 15) is 23.4 Å². The van der Waals surface area contributed by atoms with Crippen molar-refractivity contribution in [3.63, 3.8) is 0 Å². The van der Waals surface area contributed by atoms with Gasteiger partial charge in [-0.3, -0.25) is 9.09 Å². The van der Waals surface area contributed by atoms with Crippen LogP contribution in [-0.2, 0) is 36.3 Å². The van der Waals surface area contributed by atoms with Crippen LogP contribution in [0.5, 0.6) is 0 Å². The summed E-state index contributed by atoms with van der Waals surface area (Å²) in [6, 6.07) is 1.36. The van der Waals surface area contributed by atoms with Gasteiger partial charge in [0.2, 0.25) is 0 Å². The second-order valence-corrected chi connectivity index (χ2v) is 10.6. The molecule has 3 heterocycles. The topological polar surface area (TPSA) is 239 Å². The van der Waals surface area contributed by atoms with Crippen molar-refractivity contribution < 1.29 is 55.9 Å². The molecule has 16 nitrogen and oxygen atoms in total. The van der Waals surface area contributed by atoms with E-state index in [4.69, 9.17) is 29.9 Å². The molecule has 0 amide bonds. The van der Waals surface area contributed by atoms with Gasteiger partial charge in [-0.05, 0) is 6.07 Å². The maximum absolute atomic E-state index is 12.0. The summed E-state index contributed by atoms with van der Waals surface area (Å²) in [4.78, 5) is 51.2. The van der Waals surface area contributed by atoms with Crippen LogP contribution in [0, 0.1) is 0 Å². The molecule has 2 saturated heterocycles. The van der Waals surface area contributed by atoms with E-state index in [1.165, 1.54) is 12.3 Å². The van der Waals surface area contributed by atoms with E-state index in [0.29, 0.717) is 0 Å². The Labute approximate surface area is 161 Å². The Bertz CT molecular complexity index is 993. The van der Waals surface area contributed by atoms with Crippen LogP contribution < -0.4 is 11.4 Å². The number of rotatable bonds is 8. The molecule has 1 aromatic rings. The molecule has 2 unspecified atom stereocenters. The van der Waals surface area contributed by atoms with E-state index in [-0.39, 0.29) is 18.8 Å². The van der Waals surface area contributed by atoms with E-state index in [0.717, 1.165) is 4.57 Å². The van der Waals surface area contributed by atoms with Gasteiger partial charge >= 0.3 is 29.2 Å². The number of fused-ring (bicyclic) bond motifs is 2. The minimum Gasteiger partial charge on any atom is -0.383 e. The number of phosphoric ester groups is 1. The fraction of sp³-hybridized carbons (Fsp3) is 0.600. The highest BCUT2D eigenvalue weighted by atomic mass is 31.3. The number of hydrogen-bond donors (Lipinski definition) is 5. The summed E-state index contributed by atoms with van der Waals surface area (Å²) in [6.45, 7) is -0.776. The quantitative estimate of drug-likeness (QED) is 0.288. The van der Waals surface area contributed by atoms with Gasteiger partial charge in [-0.2, -0.15) is 13.6 Å². The van der Waals surface area contributed by atoms with Crippen LogP contribution in [-0.4, -0.2) is 54.0 Å². The van der Waals surface area contributed by atoms with Crippen molar-refractivity contribution in [1.82, 2.24) is 9.55 Å². The molecule has 0 spiro atoms. The van der Waals surface area contributed by atoms with Crippen LogP contribution in [0.25, 0.3) is 0 Å². The Hall–Kier alpha value is -0.990. The van der Waals surface area contributed by atoms with E-state index in [2.05, 4.69) is 18.1 Å². The van der Waals surface area contributed by atoms with Crippen molar-refractivity contribution in [1.29, 1.82) is 0 Å². The van der Waals surface area contributed by atoms with Gasteiger partial charge in [-0.1, -0.05) is 0 Å². The lowest BCUT2D eigenvalue weighted by Gasteiger charge is -2.31. The summed E-state index contributed by atoms with van der Waals surface area (Å²) in [7, 11) is -16.4. The maximum Gasteiger partial charge on any atom is 0.490 e. The number of nitrogens with two attached hydrogens (primary N) is 1. The molecule has 0 aliphatic carbocycles. The van der Waals surface area contributed by atoms with Crippen LogP contribution >= 0.6 is 23.5 Å². The Balaban J connectivity index is 1.66. The molecule has 2 aliphatic heterocycles. The van der Waals surface area contributed by atoms with Crippen molar-refractivity contribution in [3.8, 4) is 0 Å². The molecule has 0 aromatic carbocycles. The molecule has 6 N–H and O–H groups in total. The number of anilines is 1. The lowest BCUT2D eigenvalue weighted by atomic mass is 10.0. The first kappa shape index (κ1) is 22.7. The highest BCUT2D eigenvalue weighted by Crippen LogP contribution is 2.66. The Kier molecular flexibility index (Phi) is 5.95. The van der Waals surface area contributed by atoms with Gasteiger partial charge in [0.1, 0.15) is 17.5 Å². The third kappa shape index (κ3) is 5.58. The van der Waals surface area contributed by atoms with Crippen molar-refractivity contribution >= 4 is 29.3 Å². The van der Waals surface area contributed by atoms with Gasteiger partial charge in [-0.25, -0.2) is 18.5 Å². The summed E-state index contributed by atoms with van der Waals surface area (Å²) in [6.07, 6.45) is -0.101. The first-order valence-electron chi connectivity index (χ1n) is 7.62. The number of aromatic nitrogens is 2. The van der Waals surface area contributed by atoms with Crippen molar-refractivity contribution in [2.45, 2.75) is 24.4 Å². The van der Waals surface area contributed by atoms with Crippen LogP contribution in [0.4, 0.5) is 5.82 Å². The van der Waals surface area contributed by atoms with E-state index < -0.39 is 53.7 Å².